The summed E-state index contributed by atoms with van der Waals surface area (Å²) in [4.78, 5) is 42.2. The average molecular weight is 434 g/mol. The van der Waals surface area contributed by atoms with Crippen LogP contribution in [0, 0.1) is 12.8 Å². The number of rotatable bonds is 6. The van der Waals surface area contributed by atoms with Gasteiger partial charge in [-0.3, -0.25) is 14.4 Å². The zero-order chi connectivity index (χ0) is 22.1. The molecule has 1 aromatic heterocycles. The van der Waals surface area contributed by atoms with Crippen LogP contribution in [-0.2, 0) is 19.4 Å². The Morgan fingerprint density at radius 2 is 2.00 bits per heavy atom. The Balaban J connectivity index is 1.62. The van der Waals surface area contributed by atoms with E-state index >= 15 is 0 Å². The molecule has 3 rings (SSSR count). The number of amides is 2. The molecule has 2 atom stereocenters. The number of fused-ring (bicyclic) bond motifs is 1. The fraction of sp³-hybridized carbons (Fsp3) is 0.476. The molecule has 2 N–H and O–H groups in total. The number of Topliss-reactive ketones (excluding diaryl/α,β-unsaturated/α-hetero) is 1. The third kappa shape index (κ3) is 5.27. The van der Waals surface area contributed by atoms with E-state index in [-0.39, 0.29) is 24.1 Å². The summed E-state index contributed by atoms with van der Waals surface area (Å²) in [6.45, 7) is 4.23. The van der Waals surface area contributed by atoms with Gasteiger partial charge >= 0.3 is 0 Å². The number of hydrogen-bond acceptors (Lipinski definition) is 5. The van der Waals surface area contributed by atoms with Crippen molar-refractivity contribution in [1.29, 1.82) is 0 Å². The Morgan fingerprint density at radius 3 is 2.70 bits per heavy atom. The van der Waals surface area contributed by atoms with Gasteiger partial charge in [0.15, 0.2) is 15.6 Å². The molecule has 1 fully saturated rings. The average Bonchev–Trinajstić information content (AvgIpc) is 3.09. The number of aryl methyl sites for hydroxylation is 1. The number of piperidine rings is 1. The van der Waals surface area contributed by atoms with Crippen LogP contribution < -0.4 is 5.32 Å². The number of carbonyl (C=O) groups excluding carboxylic acids is 3. The van der Waals surface area contributed by atoms with Crippen LogP contribution in [0.4, 0.5) is 0 Å². The van der Waals surface area contributed by atoms with Gasteiger partial charge in [-0.2, -0.15) is 0 Å². The molecular formula is C21H27N3O5S. The van der Waals surface area contributed by atoms with Gasteiger partial charge in [-0.1, -0.05) is 12.1 Å². The van der Waals surface area contributed by atoms with Crippen molar-refractivity contribution in [3.05, 3.63) is 35.5 Å². The number of likely N-dealkylation sites (tertiary alicyclic amines) is 1. The van der Waals surface area contributed by atoms with E-state index in [1.54, 1.807) is 13.0 Å². The van der Waals surface area contributed by atoms with E-state index in [0.29, 0.717) is 25.1 Å². The van der Waals surface area contributed by atoms with Crippen LogP contribution in [0.5, 0.6) is 0 Å². The van der Waals surface area contributed by atoms with E-state index in [1.165, 1.54) is 4.90 Å². The molecule has 1 aliphatic heterocycles. The van der Waals surface area contributed by atoms with Gasteiger partial charge in [-0.05, 0) is 44.4 Å². The molecule has 1 saturated heterocycles. The number of nitrogens with zero attached hydrogens (tertiary/aromatic N) is 1. The van der Waals surface area contributed by atoms with Crippen molar-refractivity contribution in [3.8, 4) is 0 Å². The fourth-order valence-electron chi connectivity index (χ4n) is 3.79. The highest BCUT2D eigenvalue weighted by molar-refractivity contribution is 7.91. The maximum atomic E-state index is 12.8. The Labute approximate surface area is 175 Å². The summed E-state index contributed by atoms with van der Waals surface area (Å²) >= 11 is 0. The molecule has 8 nitrogen and oxygen atoms in total. The number of nitrogens with one attached hydrogen (secondary N) is 2. The van der Waals surface area contributed by atoms with Crippen LogP contribution >= 0.6 is 0 Å². The van der Waals surface area contributed by atoms with Crippen molar-refractivity contribution >= 4 is 38.3 Å². The molecule has 1 aromatic carbocycles. The second-order valence-corrected chi connectivity index (χ2v) is 10.3. The topological polar surface area (TPSA) is 116 Å². The minimum Gasteiger partial charge on any atom is -0.351 e. The van der Waals surface area contributed by atoms with Crippen LogP contribution in [-0.4, -0.2) is 67.0 Å². The zero-order valence-corrected chi connectivity index (χ0v) is 18.2. The molecule has 2 amide bonds. The number of ketones is 1. The molecule has 0 unspecified atom stereocenters. The molecule has 0 bridgehead atoms. The Bertz CT molecular complexity index is 1090. The van der Waals surface area contributed by atoms with Gasteiger partial charge in [0.05, 0.1) is 0 Å². The first kappa shape index (κ1) is 22.0. The summed E-state index contributed by atoms with van der Waals surface area (Å²) in [5.41, 5.74) is 2.29. The molecule has 162 valence electrons. The molecular weight excluding hydrogens is 406 g/mol. The molecule has 0 spiro atoms. The Hall–Kier alpha value is -2.68. The maximum absolute atomic E-state index is 12.8. The molecule has 0 saturated carbocycles. The predicted octanol–water partition coefficient (Wildman–Crippen LogP) is 1.45. The van der Waals surface area contributed by atoms with Crippen molar-refractivity contribution in [2.75, 3.05) is 25.1 Å². The third-order valence-electron chi connectivity index (χ3n) is 5.33. The fourth-order valence-corrected chi connectivity index (χ4v) is 4.54. The summed E-state index contributed by atoms with van der Waals surface area (Å²) in [6.07, 6.45) is 2.21. The minimum absolute atomic E-state index is 0.180. The second kappa shape index (κ2) is 8.59. The van der Waals surface area contributed by atoms with E-state index in [1.807, 2.05) is 25.1 Å². The van der Waals surface area contributed by atoms with E-state index in [2.05, 4.69) is 10.3 Å². The van der Waals surface area contributed by atoms with E-state index in [9.17, 15) is 22.8 Å². The van der Waals surface area contributed by atoms with E-state index in [0.717, 1.165) is 22.7 Å². The summed E-state index contributed by atoms with van der Waals surface area (Å²) in [5, 5.41) is 3.62. The van der Waals surface area contributed by atoms with Gasteiger partial charge in [0.2, 0.25) is 5.91 Å². The summed E-state index contributed by atoms with van der Waals surface area (Å²) < 4.78 is 22.8. The second-order valence-electron chi connectivity index (χ2n) is 8.13. The van der Waals surface area contributed by atoms with Crippen LogP contribution in [0.15, 0.2) is 24.3 Å². The Kier molecular flexibility index (Phi) is 6.30. The smallest absolute Gasteiger partial charge is 0.268 e. The molecule has 2 heterocycles. The lowest BCUT2D eigenvalue weighted by Crippen LogP contribution is -2.51. The lowest BCUT2D eigenvalue weighted by Gasteiger charge is -2.33. The van der Waals surface area contributed by atoms with Gasteiger partial charge in [-0.15, -0.1) is 0 Å². The highest BCUT2D eigenvalue weighted by Crippen LogP contribution is 2.20. The van der Waals surface area contributed by atoms with Crippen LogP contribution in [0.3, 0.4) is 0 Å². The SMILES string of the molecule is Cc1ccc2cc(C(=O)N[C@H](C)C(=O)N3CCC[C@H](C(=O)CS(C)(=O)=O)C3)[nH]c2c1. The van der Waals surface area contributed by atoms with E-state index < -0.39 is 27.5 Å². The summed E-state index contributed by atoms with van der Waals surface area (Å²) in [7, 11) is -3.40. The number of benzene rings is 1. The first-order valence-electron chi connectivity index (χ1n) is 9.93. The standard InChI is InChI=1S/C21H27N3O5S/c1-13-6-7-15-10-18(23-17(15)9-13)20(26)22-14(2)21(27)24-8-4-5-16(11-24)19(25)12-30(3,28)29/h6-7,9-10,14,16,23H,4-5,8,11-12H2,1-3H3,(H,22,26)/t14-,16+/m1/s1. The number of carbonyl (C=O) groups is 3. The van der Waals surface area contributed by atoms with Crippen LogP contribution in [0.2, 0.25) is 0 Å². The molecule has 0 radical (unpaired) electrons. The quantitative estimate of drug-likeness (QED) is 0.715. The van der Waals surface area contributed by atoms with Gasteiger partial charge < -0.3 is 15.2 Å². The van der Waals surface area contributed by atoms with Crippen molar-refractivity contribution in [2.45, 2.75) is 32.7 Å². The van der Waals surface area contributed by atoms with Gasteiger partial charge in [0.1, 0.15) is 17.5 Å². The van der Waals surface area contributed by atoms with Crippen molar-refractivity contribution in [1.82, 2.24) is 15.2 Å². The van der Waals surface area contributed by atoms with Gasteiger partial charge in [-0.25, -0.2) is 8.42 Å². The van der Waals surface area contributed by atoms with Crippen molar-refractivity contribution < 1.29 is 22.8 Å². The number of sulfone groups is 1. The predicted molar refractivity (Wildman–Crippen MR) is 114 cm³/mol. The van der Waals surface area contributed by atoms with Crippen molar-refractivity contribution in [3.63, 3.8) is 0 Å². The lowest BCUT2D eigenvalue weighted by molar-refractivity contribution is -0.136. The third-order valence-corrected chi connectivity index (χ3v) is 6.14. The highest BCUT2D eigenvalue weighted by Gasteiger charge is 2.32. The monoisotopic (exact) mass is 433 g/mol. The van der Waals surface area contributed by atoms with Gasteiger partial charge in [0, 0.05) is 36.2 Å². The highest BCUT2D eigenvalue weighted by atomic mass is 32.2. The number of hydrogen-bond donors (Lipinski definition) is 2. The van der Waals surface area contributed by atoms with Gasteiger partial charge in [0.25, 0.3) is 5.91 Å². The molecule has 1 aliphatic rings. The van der Waals surface area contributed by atoms with Crippen molar-refractivity contribution in [2.24, 2.45) is 5.92 Å². The number of aromatic nitrogens is 1. The minimum atomic E-state index is -3.40. The Morgan fingerprint density at radius 1 is 1.27 bits per heavy atom. The summed E-state index contributed by atoms with van der Waals surface area (Å²) in [5.74, 6) is -2.03. The molecule has 9 heteroatoms. The number of aromatic amines is 1. The molecule has 0 aliphatic carbocycles. The molecule has 30 heavy (non-hydrogen) atoms. The van der Waals surface area contributed by atoms with E-state index in [4.69, 9.17) is 0 Å². The van der Waals surface area contributed by atoms with Crippen LogP contribution in [0.25, 0.3) is 10.9 Å². The normalized spacial score (nSPS) is 18.2. The molecule has 2 aromatic rings. The zero-order valence-electron chi connectivity index (χ0n) is 17.4. The lowest BCUT2D eigenvalue weighted by atomic mass is 9.94. The maximum Gasteiger partial charge on any atom is 0.268 e. The first-order chi connectivity index (χ1) is 14.0. The first-order valence-corrected chi connectivity index (χ1v) is 12.0. The number of H-pyrrole nitrogens is 1. The summed E-state index contributed by atoms with van der Waals surface area (Å²) in [6, 6.07) is 6.80. The van der Waals surface area contributed by atoms with Crippen LogP contribution in [0.1, 0.15) is 35.8 Å². The largest absolute Gasteiger partial charge is 0.351 e.